The minimum absolute atomic E-state index is 0.0109. The lowest BCUT2D eigenvalue weighted by Gasteiger charge is -2.17. The molecule has 6 heteroatoms. The number of carbonyl (C=O) groups excluding carboxylic acids is 2. The minimum atomic E-state index is -0.0996. The van der Waals surface area contributed by atoms with Crippen LogP contribution < -0.4 is 15.5 Å². The van der Waals surface area contributed by atoms with Gasteiger partial charge in [0.25, 0.3) is 5.91 Å². The summed E-state index contributed by atoms with van der Waals surface area (Å²) in [5, 5.41) is 6.16. The number of hydrogen-bond donors (Lipinski definition) is 2. The maximum atomic E-state index is 12.5. The second-order valence-corrected chi connectivity index (χ2v) is 6.20. The van der Waals surface area contributed by atoms with Crippen molar-refractivity contribution in [1.29, 1.82) is 0 Å². The summed E-state index contributed by atoms with van der Waals surface area (Å²) in [6.45, 7) is 1.54. The summed E-state index contributed by atoms with van der Waals surface area (Å²) in [6.07, 6.45) is 5.66. The molecule has 24 heavy (non-hydrogen) atoms. The van der Waals surface area contributed by atoms with Gasteiger partial charge in [-0.2, -0.15) is 0 Å². The highest BCUT2D eigenvalue weighted by Gasteiger charge is 2.27. The van der Waals surface area contributed by atoms with Gasteiger partial charge in [0, 0.05) is 17.9 Å². The molecule has 2 amide bonds. The monoisotopic (exact) mass is 325 g/mol. The summed E-state index contributed by atoms with van der Waals surface area (Å²) >= 11 is 0. The molecule has 1 unspecified atom stereocenters. The molecular formula is C18H19N3O3. The molecule has 2 aromatic rings. The summed E-state index contributed by atoms with van der Waals surface area (Å²) in [4.78, 5) is 26.4. The Morgan fingerprint density at radius 1 is 1.29 bits per heavy atom. The number of amides is 2. The molecule has 0 aliphatic carbocycles. The van der Waals surface area contributed by atoms with Crippen molar-refractivity contribution < 1.29 is 14.0 Å². The molecule has 1 atom stereocenters. The highest BCUT2D eigenvalue weighted by Crippen LogP contribution is 2.31. The first-order valence-corrected chi connectivity index (χ1v) is 8.23. The Labute approximate surface area is 139 Å². The molecule has 1 fully saturated rings. The van der Waals surface area contributed by atoms with E-state index in [0.717, 1.165) is 42.7 Å². The van der Waals surface area contributed by atoms with E-state index in [-0.39, 0.29) is 17.9 Å². The summed E-state index contributed by atoms with van der Waals surface area (Å²) in [5.74, 6) is -0.0498. The summed E-state index contributed by atoms with van der Waals surface area (Å²) in [5.41, 5.74) is 3.31. The van der Waals surface area contributed by atoms with E-state index in [1.54, 1.807) is 11.0 Å². The third kappa shape index (κ3) is 2.69. The Bertz CT molecular complexity index is 764. The van der Waals surface area contributed by atoms with Gasteiger partial charge in [-0.15, -0.1) is 0 Å². The molecule has 3 heterocycles. The zero-order valence-electron chi connectivity index (χ0n) is 13.2. The van der Waals surface area contributed by atoms with Crippen LogP contribution in [0.5, 0.6) is 0 Å². The maximum absolute atomic E-state index is 12.5. The Hall–Kier alpha value is -2.60. The SMILES string of the molecule is O=C(Nc1ccc2c(c1)CCN2C(=O)c1ccoc1)C1CCCN1. The van der Waals surface area contributed by atoms with Crippen LogP contribution in [0, 0.1) is 0 Å². The van der Waals surface area contributed by atoms with Gasteiger partial charge < -0.3 is 20.0 Å². The van der Waals surface area contributed by atoms with Crippen LogP contribution in [0.2, 0.25) is 0 Å². The van der Waals surface area contributed by atoms with E-state index in [9.17, 15) is 9.59 Å². The second kappa shape index (κ2) is 6.13. The van der Waals surface area contributed by atoms with E-state index < -0.39 is 0 Å². The molecule has 0 saturated carbocycles. The predicted octanol–water partition coefficient (Wildman–Crippen LogP) is 2.17. The summed E-state index contributed by atoms with van der Waals surface area (Å²) in [7, 11) is 0. The number of fused-ring (bicyclic) bond motifs is 1. The van der Waals surface area contributed by atoms with Crippen molar-refractivity contribution in [2.75, 3.05) is 23.3 Å². The van der Waals surface area contributed by atoms with Crippen molar-refractivity contribution in [3.63, 3.8) is 0 Å². The topological polar surface area (TPSA) is 74.6 Å². The average molecular weight is 325 g/mol. The Morgan fingerprint density at radius 3 is 2.96 bits per heavy atom. The standard InChI is InChI=1S/C18H19N3O3/c22-17(15-2-1-7-19-15)20-14-3-4-16-12(10-14)5-8-21(16)18(23)13-6-9-24-11-13/h3-4,6,9-11,15,19H,1-2,5,7-8H2,(H,20,22). The van der Waals surface area contributed by atoms with Crippen LogP contribution in [0.25, 0.3) is 0 Å². The van der Waals surface area contributed by atoms with Gasteiger partial charge >= 0.3 is 0 Å². The molecule has 1 aromatic carbocycles. The van der Waals surface area contributed by atoms with Gasteiger partial charge in [0.15, 0.2) is 0 Å². The molecule has 0 bridgehead atoms. The lowest BCUT2D eigenvalue weighted by molar-refractivity contribution is -0.117. The first-order valence-electron chi connectivity index (χ1n) is 8.23. The van der Waals surface area contributed by atoms with E-state index in [1.807, 2.05) is 18.2 Å². The Morgan fingerprint density at radius 2 is 2.21 bits per heavy atom. The van der Waals surface area contributed by atoms with E-state index in [4.69, 9.17) is 4.42 Å². The van der Waals surface area contributed by atoms with E-state index in [2.05, 4.69) is 10.6 Å². The molecule has 2 aliphatic heterocycles. The number of anilines is 2. The van der Waals surface area contributed by atoms with Crippen LogP contribution in [0.1, 0.15) is 28.8 Å². The second-order valence-electron chi connectivity index (χ2n) is 6.20. The average Bonchev–Trinajstić information content (AvgIpc) is 3.33. The Kier molecular flexibility index (Phi) is 3.82. The van der Waals surface area contributed by atoms with Gasteiger partial charge in [-0.25, -0.2) is 0 Å². The van der Waals surface area contributed by atoms with Crippen molar-refractivity contribution in [2.45, 2.75) is 25.3 Å². The van der Waals surface area contributed by atoms with Gasteiger partial charge in [-0.1, -0.05) is 0 Å². The van der Waals surface area contributed by atoms with Crippen LogP contribution in [-0.4, -0.2) is 30.9 Å². The first kappa shape index (κ1) is 15.0. The van der Waals surface area contributed by atoms with Crippen LogP contribution in [0.3, 0.4) is 0 Å². The van der Waals surface area contributed by atoms with Crippen molar-refractivity contribution in [3.05, 3.63) is 47.9 Å². The molecule has 6 nitrogen and oxygen atoms in total. The van der Waals surface area contributed by atoms with Gasteiger partial charge in [0.1, 0.15) is 6.26 Å². The minimum Gasteiger partial charge on any atom is -0.472 e. The third-order valence-corrected chi connectivity index (χ3v) is 4.63. The molecule has 0 radical (unpaired) electrons. The highest BCUT2D eigenvalue weighted by atomic mass is 16.3. The zero-order chi connectivity index (χ0) is 16.5. The number of carbonyl (C=O) groups is 2. The van der Waals surface area contributed by atoms with Crippen molar-refractivity contribution >= 4 is 23.2 Å². The fraction of sp³-hybridized carbons (Fsp3) is 0.333. The number of hydrogen-bond acceptors (Lipinski definition) is 4. The van der Waals surface area contributed by atoms with Gasteiger partial charge in [-0.3, -0.25) is 9.59 Å². The highest BCUT2D eigenvalue weighted by molar-refractivity contribution is 6.07. The third-order valence-electron chi connectivity index (χ3n) is 4.63. The lowest BCUT2D eigenvalue weighted by atomic mass is 10.1. The molecule has 2 N–H and O–H groups in total. The van der Waals surface area contributed by atoms with E-state index in [0.29, 0.717) is 12.1 Å². The number of nitrogens with one attached hydrogen (secondary N) is 2. The molecule has 2 aliphatic rings. The molecule has 0 spiro atoms. The van der Waals surface area contributed by atoms with E-state index >= 15 is 0 Å². The molecule has 4 rings (SSSR count). The molecule has 124 valence electrons. The van der Waals surface area contributed by atoms with Crippen LogP contribution in [0.15, 0.2) is 41.2 Å². The van der Waals surface area contributed by atoms with Gasteiger partial charge in [-0.05, 0) is 55.6 Å². The normalized spacial score (nSPS) is 19.3. The van der Waals surface area contributed by atoms with Crippen LogP contribution in [-0.2, 0) is 11.2 Å². The maximum Gasteiger partial charge on any atom is 0.261 e. The van der Waals surface area contributed by atoms with Crippen molar-refractivity contribution in [3.8, 4) is 0 Å². The number of furan rings is 1. The van der Waals surface area contributed by atoms with Crippen molar-refractivity contribution in [2.24, 2.45) is 0 Å². The number of nitrogens with zero attached hydrogens (tertiary/aromatic N) is 1. The van der Waals surface area contributed by atoms with E-state index in [1.165, 1.54) is 12.5 Å². The quantitative estimate of drug-likeness (QED) is 0.907. The first-order chi connectivity index (χ1) is 11.7. The fourth-order valence-electron chi connectivity index (χ4n) is 3.37. The smallest absolute Gasteiger partial charge is 0.261 e. The van der Waals surface area contributed by atoms with Crippen LogP contribution in [0.4, 0.5) is 11.4 Å². The lowest BCUT2D eigenvalue weighted by Crippen LogP contribution is -2.35. The van der Waals surface area contributed by atoms with Gasteiger partial charge in [0.05, 0.1) is 17.9 Å². The summed E-state index contributed by atoms with van der Waals surface area (Å²) in [6, 6.07) is 7.29. The van der Waals surface area contributed by atoms with Gasteiger partial charge in [0.2, 0.25) is 5.91 Å². The molecular weight excluding hydrogens is 306 g/mol. The molecule has 1 aromatic heterocycles. The van der Waals surface area contributed by atoms with Crippen LogP contribution >= 0.6 is 0 Å². The fourth-order valence-corrected chi connectivity index (χ4v) is 3.37. The Balaban J connectivity index is 1.50. The number of rotatable bonds is 3. The zero-order valence-corrected chi connectivity index (χ0v) is 13.2. The summed E-state index contributed by atoms with van der Waals surface area (Å²) < 4.78 is 4.99. The number of benzene rings is 1. The van der Waals surface area contributed by atoms with Crippen molar-refractivity contribution in [1.82, 2.24) is 5.32 Å². The largest absolute Gasteiger partial charge is 0.472 e. The predicted molar refractivity (Wildman–Crippen MR) is 90.2 cm³/mol. The molecule has 1 saturated heterocycles.